The highest BCUT2D eigenvalue weighted by atomic mass is 35.5. The quantitative estimate of drug-likeness (QED) is 0.700. The summed E-state index contributed by atoms with van der Waals surface area (Å²) in [6.45, 7) is 0.404. The second-order valence-electron chi connectivity index (χ2n) is 5.46. The summed E-state index contributed by atoms with van der Waals surface area (Å²) in [5, 5.41) is 4.98. The molecule has 1 N–H and O–H groups in total. The largest absolute Gasteiger partial charge is 0.481 e. The molecule has 3 rings (SSSR count). The number of hydrogen-bond donors (Lipinski definition) is 1. The zero-order valence-electron chi connectivity index (χ0n) is 13.3. The third kappa shape index (κ3) is 4.62. The number of para-hydroxylation sites is 1. The first-order valence-corrected chi connectivity index (χ1v) is 8.56. The smallest absolute Gasteiger partial charge is 0.257 e. The van der Waals surface area contributed by atoms with Crippen molar-refractivity contribution in [2.75, 3.05) is 13.2 Å². The SMILES string of the molecule is O=C(COc1cccc2cccnc12)NCCc1ccc(Cl)cc1Cl. The molecule has 0 fully saturated rings. The van der Waals surface area contributed by atoms with Crippen LogP contribution in [0, 0.1) is 0 Å². The Labute approximate surface area is 155 Å². The molecule has 2 aromatic carbocycles. The Morgan fingerprint density at radius 1 is 1.12 bits per heavy atom. The Hall–Kier alpha value is -2.30. The maximum absolute atomic E-state index is 12.0. The molecule has 0 saturated carbocycles. The van der Waals surface area contributed by atoms with Crippen molar-refractivity contribution in [3.05, 3.63) is 70.3 Å². The third-order valence-corrected chi connectivity index (χ3v) is 4.27. The Bertz CT molecular complexity index is 894. The Kier molecular flexibility index (Phi) is 5.74. The second kappa shape index (κ2) is 8.19. The fourth-order valence-corrected chi connectivity index (χ4v) is 2.95. The number of ether oxygens (including phenoxy) is 1. The molecule has 0 aliphatic heterocycles. The van der Waals surface area contributed by atoms with Gasteiger partial charge in [0.05, 0.1) is 0 Å². The first-order chi connectivity index (χ1) is 12.1. The standard InChI is InChI=1S/C19H16Cl2N2O2/c20-15-7-6-13(16(21)11-15)8-10-22-18(24)12-25-17-5-1-3-14-4-2-9-23-19(14)17/h1-7,9,11H,8,10,12H2,(H,22,24). The van der Waals surface area contributed by atoms with Crippen LogP contribution in [0.1, 0.15) is 5.56 Å². The summed E-state index contributed by atoms with van der Waals surface area (Å²) in [4.78, 5) is 16.3. The van der Waals surface area contributed by atoms with Crippen molar-refractivity contribution in [1.82, 2.24) is 10.3 Å². The highest BCUT2D eigenvalue weighted by molar-refractivity contribution is 6.35. The lowest BCUT2D eigenvalue weighted by molar-refractivity contribution is -0.123. The van der Waals surface area contributed by atoms with Gasteiger partial charge in [0, 0.05) is 28.2 Å². The lowest BCUT2D eigenvalue weighted by Crippen LogP contribution is -2.30. The van der Waals surface area contributed by atoms with Crippen LogP contribution in [0.2, 0.25) is 10.0 Å². The number of carbonyl (C=O) groups is 1. The van der Waals surface area contributed by atoms with Crippen LogP contribution in [0.15, 0.2) is 54.7 Å². The lowest BCUT2D eigenvalue weighted by atomic mass is 10.1. The van der Waals surface area contributed by atoms with Crippen LogP contribution in [0.4, 0.5) is 0 Å². The molecule has 4 nitrogen and oxygen atoms in total. The molecule has 0 bridgehead atoms. The van der Waals surface area contributed by atoms with Gasteiger partial charge in [-0.15, -0.1) is 0 Å². The number of carbonyl (C=O) groups excluding carboxylic acids is 1. The molecule has 1 amide bonds. The van der Waals surface area contributed by atoms with Crippen molar-refractivity contribution < 1.29 is 9.53 Å². The van der Waals surface area contributed by atoms with Crippen LogP contribution in [-0.4, -0.2) is 24.0 Å². The molecule has 0 spiro atoms. The number of halogens is 2. The molecule has 0 unspecified atom stereocenters. The van der Waals surface area contributed by atoms with E-state index in [2.05, 4.69) is 10.3 Å². The normalized spacial score (nSPS) is 10.6. The first kappa shape index (κ1) is 17.5. The second-order valence-corrected chi connectivity index (χ2v) is 6.30. The number of benzene rings is 2. The molecule has 25 heavy (non-hydrogen) atoms. The topological polar surface area (TPSA) is 51.2 Å². The molecule has 0 aliphatic carbocycles. The van der Waals surface area contributed by atoms with E-state index in [1.807, 2.05) is 30.3 Å². The Balaban J connectivity index is 1.51. The van der Waals surface area contributed by atoms with Crippen molar-refractivity contribution in [3.8, 4) is 5.75 Å². The summed E-state index contributed by atoms with van der Waals surface area (Å²) < 4.78 is 5.61. The molecular weight excluding hydrogens is 359 g/mol. The van der Waals surface area contributed by atoms with Gasteiger partial charge in [0.1, 0.15) is 11.3 Å². The summed E-state index contributed by atoms with van der Waals surface area (Å²) in [7, 11) is 0. The van der Waals surface area contributed by atoms with E-state index in [9.17, 15) is 4.79 Å². The van der Waals surface area contributed by atoms with E-state index in [0.717, 1.165) is 16.5 Å². The van der Waals surface area contributed by atoms with Gasteiger partial charge in [-0.1, -0.05) is 47.5 Å². The molecular formula is C19H16Cl2N2O2. The Morgan fingerprint density at radius 2 is 1.96 bits per heavy atom. The fraction of sp³-hybridized carbons (Fsp3) is 0.158. The van der Waals surface area contributed by atoms with Crippen molar-refractivity contribution in [3.63, 3.8) is 0 Å². The van der Waals surface area contributed by atoms with Crippen LogP contribution in [0.5, 0.6) is 5.75 Å². The predicted octanol–water partition coefficient (Wildman–Crippen LogP) is 4.28. The van der Waals surface area contributed by atoms with Gasteiger partial charge in [-0.05, 0) is 36.2 Å². The van der Waals surface area contributed by atoms with Crippen LogP contribution < -0.4 is 10.1 Å². The van der Waals surface area contributed by atoms with E-state index in [1.54, 1.807) is 24.4 Å². The first-order valence-electron chi connectivity index (χ1n) is 7.80. The van der Waals surface area contributed by atoms with E-state index in [-0.39, 0.29) is 12.5 Å². The number of aromatic nitrogens is 1. The van der Waals surface area contributed by atoms with E-state index >= 15 is 0 Å². The molecule has 128 valence electrons. The zero-order valence-corrected chi connectivity index (χ0v) is 14.8. The minimum atomic E-state index is -0.196. The fourth-order valence-electron chi connectivity index (χ4n) is 2.45. The van der Waals surface area contributed by atoms with E-state index < -0.39 is 0 Å². The van der Waals surface area contributed by atoms with Gasteiger partial charge in [0.2, 0.25) is 0 Å². The molecule has 0 radical (unpaired) electrons. The maximum atomic E-state index is 12.0. The molecule has 1 aromatic heterocycles. The van der Waals surface area contributed by atoms with E-state index in [1.165, 1.54) is 0 Å². The van der Waals surface area contributed by atoms with Gasteiger partial charge in [-0.2, -0.15) is 0 Å². The van der Waals surface area contributed by atoms with Gasteiger partial charge in [-0.25, -0.2) is 0 Å². The number of hydrogen-bond acceptors (Lipinski definition) is 3. The van der Waals surface area contributed by atoms with Crippen molar-refractivity contribution >= 4 is 40.0 Å². The van der Waals surface area contributed by atoms with Crippen LogP contribution in [0.3, 0.4) is 0 Å². The van der Waals surface area contributed by atoms with Gasteiger partial charge < -0.3 is 10.1 Å². The van der Waals surface area contributed by atoms with Gasteiger partial charge in [-0.3, -0.25) is 9.78 Å². The van der Waals surface area contributed by atoms with E-state index in [4.69, 9.17) is 27.9 Å². The summed E-state index contributed by atoms with van der Waals surface area (Å²) in [5.74, 6) is 0.395. The molecule has 0 aliphatic rings. The number of rotatable bonds is 6. The molecule has 0 atom stereocenters. The molecule has 0 saturated heterocycles. The van der Waals surface area contributed by atoms with Gasteiger partial charge >= 0.3 is 0 Å². The van der Waals surface area contributed by atoms with Crippen LogP contribution in [0.25, 0.3) is 10.9 Å². The van der Waals surface area contributed by atoms with Gasteiger partial charge in [0.15, 0.2) is 6.61 Å². The number of amides is 1. The maximum Gasteiger partial charge on any atom is 0.257 e. The average Bonchev–Trinajstić information content (AvgIpc) is 2.62. The van der Waals surface area contributed by atoms with Crippen LogP contribution in [-0.2, 0) is 11.2 Å². The number of pyridine rings is 1. The van der Waals surface area contributed by atoms with Crippen molar-refractivity contribution in [1.29, 1.82) is 0 Å². The summed E-state index contributed by atoms with van der Waals surface area (Å²) >= 11 is 12.0. The summed E-state index contributed by atoms with van der Waals surface area (Å²) in [6.07, 6.45) is 2.32. The minimum Gasteiger partial charge on any atom is -0.481 e. The monoisotopic (exact) mass is 374 g/mol. The molecule has 3 aromatic rings. The number of fused-ring (bicyclic) bond motifs is 1. The zero-order chi connectivity index (χ0) is 17.6. The molecule has 1 heterocycles. The highest BCUT2D eigenvalue weighted by Crippen LogP contribution is 2.23. The van der Waals surface area contributed by atoms with Crippen molar-refractivity contribution in [2.45, 2.75) is 6.42 Å². The highest BCUT2D eigenvalue weighted by Gasteiger charge is 2.07. The van der Waals surface area contributed by atoms with Gasteiger partial charge in [0.25, 0.3) is 5.91 Å². The van der Waals surface area contributed by atoms with Crippen molar-refractivity contribution in [2.24, 2.45) is 0 Å². The summed E-state index contributed by atoms with van der Waals surface area (Å²) in [6, 6.07) is 14.8. The Morgan fingerprint density at radius 3 is 2.80 bits per heavy atom. The van der Waals surface area contributed by atoms with Crippen LogP contribution >= 0.6 is 23.2 Å². The summed E-state index contributed by atoms with van der Waals surface area (Å²) in [5.41, 5.74) is 1.68. The van der Waals surface area contributed by atoms with E-state index in [0.29, 0.717) is 28.8 Å². The molecule has 6 heteroatoms. The number of nitrogens with zero attached hydrogens (tertiary/aromatic N) is 1. The third-order valence-electron chi connectivity index (χ3n) is 3.69. The number of nitrogens with one attached hydrogen (secondary N) is 1. The average molecular weight is 375 g/mol. The lowest BCUT2D eigenvalue weighted by Gasteiger charge is -2.10. The predicted molar refractivity (Wildman–Crippen MR) is 100 cm³/mol. The minimum absolute atomic E-state index is 0.0654.